The molecule has 122 valence electrons. The number of carboxylic acid groups (broad SMARTS) is 1. The third kappa shape index (κ3) is 5.38. The van der Waals surface area contributed by atoms with Gasteiger partial charge in [-0.25, -0.2) is 0 Å². The fourth-order valence-corrected chi connectivity index (χ4v) is 1.75. The van der Waals surface area contributed by atoms with Crippen molar-refractivity contribution in [3.8, 4) is 0 Å². The molecule has 1 aromatic rings. The predicted molar refractivity (Wildman–Crippen MR) is 72.1 cm³/mol. The van der Waals surface area contributed by atoms with Gasteiger partial charge >= 0.3 is 18.1 Å². The minimum Gasteiger partial charge on any atom is -0.481 e. The van der Waals surface area contributed by atoms with E-state index in [0.717, 1.165) is 12.1 Å². The van der Waals surface area contributed by atoms with Crippen LogP contribution in [0, 0.1) is 5.92 Å². The second-order valence-corrected chi connectivity index (χ2v) is 5.83. The third-order valence-corrected chi connectivity index (χ3v) is 2.68. The second-order valence-electron chi connectivity index (χ2n) is 5.83. The van der Waals surface area contributed by atoms with E-state index in [0.29, 0.717) is 0 Å². The molecule has 0 fully saturated rings. The Labute approximate surface area is 125 Å². The van der Waals surface area contributed by atoms with Crippen molar-refractivity contribution in [1.29, 1.82) is 0 Å². The van der Waals surface area contributed by atoms with Crippen LogP contribution in [0.3, 0.4) is 0 Å². The maximum atomic E-state index is 12.6. The molecule has 0 heterocycles. The number of aliphatic carboxylic acids is 1. The molecule has 22 heavy (non-hydrogen) atoms. The molecule has 4 nitrogen and oxygen atoms in total. The molecule has 0 bridgehead atoms. The summed E-state index contributed by atoms with van der Waals surface area (Å²) in [6.07, 6.45) is -4.89. The Morgan fingerprint density at radius 2 is 1.82 bits per heavy atom. The number of halogens is 3. The van der Waals surface area contributed by atoms with Gasteiger partial charge in [0.2, 0.25) is 0 Å². The first-order chi connectivity index (χ1) is 9.90. The summed E-state index contributed by atoms with van der Waals surface area (Å²) in [5.41, 5.74) is -1.66. The molecule has 0 aliphatic rings. The lowest BCUT2D eigenvalue weighted by Gasteiger charge is -2.22. The molecular weight excluding hydrogens is 301 g/mol. The van der Waals surface area contributed by atoms with Crippen molar-refractivity contribution in [2.45, 2.75) is 39.0 Å². The van der Waals surface area contributed by atoms with Crippen molar-refractivity contribution in [3.63, 3.8) is 0 Å². The Balaban J connectivity index is 2.98. The summed E-state index contributed by atoms with van der Waals surface area (Å²) < 4.78 is 42.9. The topological polar surface area (TPSA) is 63.6 Å². The summed E-state index contributed by atoms with van der Waals surface area (Å²) >= 11 is 0. The summed E-state index contributed by atoms with van der Waals surface area (Å²) in [6, 6.07) is 4.23. The zero-order valence-electron chi connectivity index (χ0n) is 12.4. The SMILES string of the molecule is CC(C)(C)OC(=O)[C@@H](Cc1cccc(C(F)(F)F)c1)C(=O)O. The molecule has 1 rings (SSSR count). The standard InChI is InChI=1S/C15H17F3O4/c1-14(2,3)22-13(21)11(12(19)20)8-9-5-4-6-10(7-9)15(16,17)18/h4-7,11H,8H2,1-3H3,(H,19,20)/t11-/m0/s1. The first kappa shape index (κ1) is 18.0. The van der Waals surface area contributed by atoms with Crippen LogP contribution < -0.4 is 0 Å². The van der Waals surface area contributed by atoms with Crippen LogP contribution in [0.1, 0.15) is 31.9 Å². The van der Waals surface area contributed by atoms with E-state index in [4.69, 9.17) is 9.84 Å². The lowest BCUT2D eigenvalue weighted by atomic mass is 9.97. The number of carbonyl (C=O) groups excluding carboxylic acids is 1. The van der Waals surface area contributed by atoms with Gasteiger partial charge in [-0.3, -0.25) is 9.59 Å². The maximum Gasteiger partial charge on any atom is 0.416 e. The average molecular weight is 318 g/mol. The maximum absolute atomic E-state index is 12.6. The number of rotatable bonds is 4. The van der Waals surface area contributed by atoms with E-state index in [1.807, 2.05) is 0 Å². The average Bonchev–Trinajstić information content (AvgIpc) is 2.32. The Morgan fingerprint density at radius 1 is 1.23 bits per heavy atom. The zero-order valence-corrected chi connectivity index (χ0v) is 12.4. The summed E-state index contributed by atoms with van der Waals surface area (Å²) in [7, 11) is 0. The molecule has 0 saturated heterocycles. The Bertz CT molecular complexity index is 559. The molecule has 1 atom stereocenters. The van der Waals surface area contributed by atoms with Gasteiger partial charge < -0.3 is 9.84 Å². The fraction of sp³-hybridized carbons (Fsp3) is 0.467. The molecule has 1 aromatic carbocycles. The molecule has 7 heteroatoms. The number of carboxylic acids is 1. The van der Waals surface area contributed by atoms with Gasteiger partial charge in [0.05, 0.1) is 5.56 Å². The molecule has 0 spiro atoms. The first-order valence-corrected chi connectivity index (χ1v) is 6.52. The summed E-state index contributed by atoms with van der Waals surface area (Å²) in [5, 5.41) is 9.11. The van der Waals surface area contributed by atoms with Gasteiger partial charge in [-0.05, 0) is 38.8 Å². The number of ether oxygens (including phenoxy) is 1. The molecule has 0 aliphatic carbocycles. The van der Waals surface area contributed by atoms with Gasteiger partial charge in [0, 0.05) is 0 Å². The van der Waals surface area contributed by atoms with Crippen molar-refractivity contribution >= 4 is 11.9 Å². The van der Waals surface area contributed by atoms with Crippen LogP contribution in [-0.4, -0.2) is 22.6 Å². The largest absolute Gasteiger partial charge is 0.481 e. The van der Waals surface area contributed by atoms with Crippen molar-refractivity contribution in [1.82, 2.24) is 0 Å². The van der Waals surface area contributed by atoms with Gasteiger partial charge in [0.15, 0.2) is 5.92 Å². The molecule has 0 amide bonds. The molecule has 0 unspecified atom stereocenters. The Hall–Kier alpha value is -2.05. The van der Waals surface area contributed by atoms with Crippen LogP contribution in [0.5, 0.6) is 0 Å². The highest BCUT2D eigenvalue weighted by molar-refractivity contribution is 5.94. The number of alkyl halides is 3. The smallest absolute Gasteiger partial charge is 0.416 e. The van der Waals surface area contributed by atoms with Crippen molar-refractivity contribution in [2.24, 2.45) is 5.92 Å². The molecule has 0 saturated carbocycles. The van der Waals surface area contributed by atoms with Gasteiger partial charge in [-0.15, -0.1) is 0 Å². The fourth-order valence-electron chi connectivity index (χ4n) is 1.75. The molecule has 0 aromatic heterocycles. The van der Waals surface area contributed by atoms with Gasteiger partial charge in [0.1, 0.15) is 5.60 Å². The van der Waals surface area contributed by atoms with E-state index < -0.39 is 35.2 Å². The van der Waals surface area contributed by atoms with Crippen LogP contribution in [-0.2, 0) is 26.9 Å². The van der Waals surface area contributed by atoms with E-state index in [9.17, 15) is 22.8 Å². The van der Waals surface area contributed by atoms with E-state index >= 15 is 0 Å². The highest BCUT2D eigenvalue weighted by Crippen LogP contribution is 2.30. The van der Waals surface area contributed by atoms with E-state index in [1.165, 1.54) is 12.1 Å². The van der Waals surface area contributed by atoms with Gasteiger partial charge in [0.25, 0.3) is 0 Å². The third-order valence-electron chi connectivity index (χ3n) is 2.68. The lowest BCUT2D eigenvalue weighted by molar-refractivity contribution is -0.166. The lowest BCUT2D eigenvalue weighted by Crippen LogP contribution is -2.34. The minimum atomic E-state index is -4.53. The van der Waals surface area contributed by atoms with Gasteiger partial charge in [-0.1, -0.05) is 18.2 Å². The molecular formula is C15H17F3O4. The highest BCUT2D eigenvalue weighted by atomic mass is 19.4. The summed E-state index contributed by atoms with van der Waals surface area (Å²) in [4.78, 5) is 23.1. The monoisotopic (exact) mass is 318 g/mol. The number of carbonyl (C=O) groups is 2. The van der Waals surface area contributed by atoms with Crippen LogP contribution in [0.4, 0.5) is 13.2 Å². The number of benzene rings is 1. The van der Waals surface area contributed by atoms with E-state index in [1.54, 1.807) is 20.8 Å². The number of hydrogen-bond donors (Lipinski definition) is 1. The number of hydrogen-bond acceptors (Lipinski definition) is 3. The number of esters is 1. The van der Waals surface area contributed by atoms with Crippen LogP contribution in [0.25, 0.3) is 0 Å². The van der Waals surface area contributed by atoms with Crippen molar-refractivity contribution in [2.75, 3.05) is 0 Å². The zero-order chi connectivity index (χ0) is 17.1. The minimum absolute atomic E-state index is 0.105. The quantitative estimate of drug-likeness (QED) is 0.683. The molecule has 1 N–H and O–H groups in total. The van der Waals surface area contributed by atoms with E-state index in [-0.39, 0.29) is 12.0 Å². The van der Waals surface area contributed by atoms with Crippen molar-refractivity contribution < 1.29 is 32.6 Å². The second kappa shape index (κ2) is 6.37. The highest BCUT2D eigenvalue weighted by Gasteiger charge is 2.33. The van der Waals surface area contributed by atoms with Gasteiger partial charge in [-0.2, -0.15) is 13.2 Å². The first-order valence-electron chi connectivity index (χ1n) is 6.52. The molecule has 0 aliphatic heterocycles. The van der Waals surface area contributed by atoms with Crippen LogP contribution in [0.15, 0.2) is 24.3 Å². The van der Waals surface area contributed by atoms with E-state index in [2.05, 4.69) is 0 Å². The predicted octanol–water partition coefficient (Wildman–Crippen LogP) is 3.29. The normalized spacial score (nSPS) is 13.5. The Morgan fingerprint density at radius 3 is 2.27 bits per heavy atom. The summed E-state index contributed by atoms with van der Waals surface area (Å²) in [6.45, 7) is 4.73. The molecule has 0 radical (unpaired) electrons. The Kier molecular flexibility index (Phi) is 5.22. The summed E-state index contributed by atoms with van der Waals surface area (Å²) in [5.74, 6) is -3.97. The van der Waals surface area contributed by atoms with Crippen LogP contribution >= 0.6 is 0 Å². The van der Waals surface area contributed by atoms with Crippen molar-refractivity contribution in [3.05, 3.63) is 35.4 Å². The van der Waals surface area contributed by atoms with Crippen LogP contribution in [0.2, 0.25) is 0 Å².